The minimum atomic E-state index is 0.0176. The predicted octanol–water partition coefficient (Wildman–Crippen LogP) is 3.44. The van der Waals surface area contributed by atoms with E-state index in [0.29, 0.717) is 18.2 Å². The molecule has 0 bridgehead atoms. The molecule has 9 heteroatoms. The molecule has 0 saturated carbocycles. The molecule has 4 heterocycles. The summed E-state index contributed by atoms with van der Waals surface area (Å²) >= 11 is 1.57. The normalized spacial score (nSPS) is 16.3. The molecule has 1 fully saturated rings. The van der Waals surface area contributed by atoms with E-state index in [4.69, 9.17) is 9.47 Å². The molecule has 1 amide bonds. The Bertz CT molecular complexity index is 1070. The van der Waals surface area contributed by atoms with Gasteiger partial charge in [-0.1, -0.05) is 13.8 Å². The van der Waals surface area contributed by atoms with Gasteiger partial charge in [0.2, 0.25) is 5.91 Å². The number of methoxy groups -OCH3 is 2. The quantitative estimate of drug-likeness (QED) is 0.644. The van der Waals surface area contributed by atoms with Crippen LogP contribution in [0.4, 0.5) is 5.82 Å². The highest BCUT2D eigenvalue weighted by molar-refractivity contribution is 7.21. The first-order chi connectivity index (χ1) is 14.5. The summed E-state index contributed by atoms with van der Waals surface area (Å²) in [7, 11) is 3.16. The number of fused-ring (bicyclic) bond motifs is 1. The Morgan fingerprint density at radius 3 is 2.80 bits per heavy atom. The maximum Gasteiger partial charge on any atom is 0.256 e. The number of thiophene rings is 1. The molecule has 0 spiro atoms. The first-order valence-corrected chi connectivity index (χ1v) is 10.7. The van der Waals surface area contributed by atoms with Crippen LogP contribution in [-0.4, -0.2) is 59.1 Å². The highest BCUT2D eigenvalue weighted by Crippen LogP contribution is 2.38. The van der Waals surface area contributed by atoms with E-state index >= 15 is 0 Å². The summed E-state index contributed by atoms with van der Waals surface area (Å²) in [4.78, 5) is 29.3. The van der Waals surface area contributed by atoms with Gasteiger partial charge in [0.25, 0.3) is 5.88 Å². The lowest BCUT2D eigenvalue weighted by molar-refractivity contribution is -0.133. The molecule has 1 aliphatic heterocycles. The van der Waals surface area contributed by atoms with E-state index in [0.717, 1.165) is 39.4 Å². The number of pyridine rings is 1. The molecule has 1 saturated heterocycles. The van der Waals surface area contributed by atoms with E-state index in [1.54, 1.807) is 38.1 Å². The van der Waals surface area contributed by atoms with E-state index in [2.05, 4.69) is 26.3 Å². The van der Waals surface area contributed by atoms with E-state index in [1.165, 1.54) is 0 Å². The van der Waals surface area contributed by atoms with Crippen LogP contribution in [0.5, 0.6) is 11.6 Å². The molecule has 0 unspecified atom stereocenters. The van der Waals surface area contributed by atoms with Gasteiger partial charge in [0.15, 0.2) is 5.75 Å². The zero-order valence-corrected chi connectivity index (χ0v) is 18.3. The van der Waals surface area contributed by atoms with Crippen molar-refractivity contribution in [1.82, 2.24) is 19.9 Å². The van der Waals surface area contributed by atoms with Crippen molar-refractivity contribution in [2.24, 2.45) is 5.92 Å². The second kappa shape index (κ2) is 8.43. The third-order valence-corrected chi connectivity index (χ3v) is 6.27. The average molecular weight is 428 g/mol. The second-order valence-electron chi connectivity index (χ2n) is 7.56. The number of hydrogen-bond donors (Lipinski definition) is 1. The van der Waals surface area contributed by atoms with E-state index in [1.807, 2.05) is 24.8 Å². The first kappa shape index (κ1) is 20.3. The number of ether oxygens (including phenoxy) is 2. The molecular formula is C21H25N5O3S. The summed E-state index contributed by atoms with van der Waals surface area (Å²) in [6.07, 6.45) is 4.24. The Morgan fingerprint density at radius 1 is 1.23 bits per heavy atom. The number of hydrogen-bond acceptors (Lipinski definition) is 8. The smallest absolute Gasteiger partial charge is 0.256 e. The van der Waals surface area contributed by atoms with Crippen LogP contribution in [0.2, 0.25) is 0 Å². The first-order valence-electron chi connectivity index (χ1n) is 9.88. The minimum Gasteiger partial charge on any atom is -0.491 e. The Kier molecular flexibility index (Phi) is 5.72. The third kappa shape index (κ3) is 3.89. The third-order valence-electron chi connectivity index (χ3n) is 5.18. The van der Waals surface area contributed by atoms with Gasteiger partial charge in [-0.05, 0) is 18.6 Å². The topological polar surface area (TPSA) is 89.5 Å². The molecule has 158 valence electrons. The fourth-order valence-corrected chi connectivity index (χ4v) is 4.60. The number of carbonyl (C=O) groups is 1. The molecule has 0 radical (unpaired) electrons. The van der Waals surface area contributed by atoms with Crippen LogP contribution in [0, 0.1) is 5.92 Å². The van der Waals surface area contributed by atoms with Crippen molar-refractivity contribution < 1.29 is 14.3 Å². The van der Waals surface area contributed by atoms with Gasteiger partial charge in [0, 0.05) is 41.7 Å². The number of nitrogens with one attached hydrogen (secondary N) is 1. The van der Waals surface area contributed by atoms with Crippen LogP contribution in [0.15, 0.2) is 24.7 Å². The Labute approximate surface area is 179 Å². The standard InChI is InChI=1S/C21H25N5O3S/c1-12(2)21(27)26-6-5-14(10-26)25-18-15-8-17(30-20(15)24-11-23-18)13-7-16(28-3)19(29-4)22-9-13/h7-9,11-12,14H,5-6,10H2,1-4H3,(H,23,24,25)/t14-/m0/s1. The summed E-state index contributed by atoms with van der Waals surface area (Å²) in [5.41, 5.74) is 0.927. The second-order valence-corrected chi connectivity index (χ2v) is 8.59. The van der Waals surface area contributed by atoms with Gasteiger partial charge in [0.05, 0.1) is 19.6 Å². The molecule has 1 N–H and O–H groups in total. The number of nitrogens with zero attached hydrogens (tertiary/aromatic N) is 4. The Morgan fingerprint density at radius 2 is 2.07 bits per heavy atom. The molecule has 3 aromatic rings. The average Bonchev–Trinajstić information content (AvgIpc) is 3.40. The van der Waals surface area contributed by atoms with Crippen molar-refractivity contribution in [3.05, 3.63) is 24.7 Å². The van der Waals surface area contributed by atoms with Crippen LogP contribution in [0.3, 0.4) is 0 Å². The molecule has 0 aromatic carbocycles. The lowest BCUT2D eigenvalue weighted by atomic mass is 10.2. The number of carbonyl (C=O) groups excluding carboxylic acids is 1. The monoisotopic (exact) mass is 427 g/mol. The summed E-state index contributed by atoms with van der Waals surface area (Å²) in [6.45, 7) is 5.34. The van der Waals surface area contributed by atoms with Crippen LogP contribution in [0.1, 0.15) is 20.3 Å². The molecule has 1 aliphatic rings. The molecule has 1 atom stereocenters. The van der Waals surface area contributed by atoms with Gasteiger partial charge in [-0.2, -0.15) is 0 Å². The lowest BCUT2D eigenvalue weighted by Gasteiger charge is -2.19. The SMILES string of the molecule is COc1cc(-c2cc3c(N[C@H]4CCN(C(=O)C(C)C)C4)ncnc3s2)cnc1OC. The number of likely N-dealkylation sites (tertiary alicyclic amines) is 1. The maximum absolute atomic E-state index is 12.3. The Balaban J connectivity index is 1.58. The van der Waals surface area contributed by atoms with Crippen LogP contribution in [-0.2, 0) is 4.79 Å². The maximum atomic E-state index is 12.3. The highest BCUT2D eigenvalue weighted by Gasteiger charge is 2.28. The van der Waals surface area contributed by atoms with E-state index in [-0.39, 0.29) is 17.9 Å². The lowest BCUT2D eigenvalue weighted by Crippen LogP contribution is -2.34. The fraction of sp³-hybridized carbons (Fsp3) is 0.429. The predicted molar refractivity (Wildman–Crippen MR) is 117 cm³/mol. The molecule has 30 heavy (non-hydrogen) atoms. The van der Waals surface area contributed by atoms with Crippen molar-refractivity contribution >= 4 is 33.3 Å². The van der Waals surface area contributed by atoms with Gasteiger partial charge in [-0.15, -0.1) is 11.3 Å². The molecule has 0 aliphatic carbocycles. The van der Waals surface area contributed by atoms with Crippen molar-refractivity contribution in [3.63, 3.8) is 0 Å². The summed E-state index contributed by atoms with van der Waals surface area (Å²) in [6, 6.07) is 4.15. The largest absolute Gasteiger partial charge is 0.491 e. The van der Waals surface area contributed by atoms with Gasteiger partial charge in [0.1, 0.15) is 17.0 Å². The number of aromatic nitrogens is 3. The van der Waals surface area contributed by atoms with Gasteiger partial charge in [-0.3, -0.25) is 4.79 Å². The summed E-state index contributed by atoms with van der Waals surface area (Å²) < 4.78 is 10.6. The van der Waals surface area contributed by atoms with Crippen LogP contribution in [0.25, 0.3) is 20.7 Å². The zero-order chi connectivity index (χ0) is 21.3. The van der Waals surface area contributed by atoms with Gasteiger partial charge < -0.3 is 19.7 Å². The summed E-state index contributed by atoms with van der Waals surface area (Å²) in [5.74, 6) is 2.04. The molecule has 8 nitrogen and oxygen atoms in total. The summed E-state index contributed by atoms with van der Waals surface area (Å²) in [5, 5.41) is 4.47. The van der Waals surface area contributed by atoms with E-state index in [9.17, 15) is 4.79 Å². The number of amides is 1. The van der Waals surface area contributed by atoms with Crippen LogP contribution < -0.4 is 14.8 Å². The van der Waals surface area contributed by atoms with Crippen molar-refractivity contribution in [2.75, 3.05) is 32.6 Å². The number of anilines is 1. The fourth-order valence-electron chi connectivity index (χ4n) is 3.62. The van der Waals surface area contributed by atoms with Crippen molar-refractivity contribution in [2.45, 2.75) is 26.3 Å². The number of rotatable bonds is 6. The van der Waals surface area contributed by atoms with Gasteiger partial charge in [-0.25, -0.2) is 15.0 Å². The molecule has 4 rings (SSSR count). The van der Waals surface area contributed by atoms with Crippen molar-refractivity contribution in [3.8, 4) is 22.1 Å². The van der Waals surface area contributed by atoms with Gasteiger partial charge >= 0.3 is 0 Å². The van der Waals surface area contributed by atoms with E-state index < -0.39 is 0 Å². The zero-order valence-electron chi connectivity index (χ0n) is 17.5. The highest BCUT2D eigenvalue weighted by atomic mass is 32.1. The Hall–Kier alpha value is -2.94. The molecular weight excluding hydrogens is 402 g/mol. The minimum absolute atomic E-state index is 0.0176. The molecule has 3 aromatic heterocycles. The van der Waals surface area contributed by atoms with Crippen LogP contribution >= 0.6 is 11.3 Å². The van der Waals surface area contributed by atoms with Crippen molar-refractivity contribution in [1.29, 1.82) is 0 Å².